The number of ether oxygens (including phenoxy) is 1. The van der Waals surface area contributed by atoms with E-state index in [2.05, 4.69) is 15.3 Å². The van der Waals surface area contributed by atoms with Crippen LogP contribution < -0.4 is 15.8 Å². The normalized spacial score (nSPS) is 13.0. The van der Waals surface area contributed by atoms with Gasteiger partial charge in [0.2, 0.25) is 5.91 Å². The Labute approximate surface area is 185 Å². The largest absolute Gasteiger partial charge is 0.457 e. The SMILES string of the molecule is CC(CO)NC(=O)C(C)n1cc(-c2ccc(Oc3ccccc3)cc2)c2c(N)ncnc21. The summed E-state index contributed by atoms with van der Waals surface area (Å²) in [6, 6.07) is 16.3. The molecule has 2 atom stereocenters. The zero-order valence-corrected chi connectivity index (χ0v) is 17.9. The maximum absolute atomic E-state index is 12.7. The highest BCUT2D eigenvalue weighted by Crippen LogP contribution is 2.35. The average molecular weight is 431 g/mol. The maximum Gasteiger partial charge on any atom is 0.243 e. The first-order chi connectivity index (χ1) is 15.5. The van der Waals surface area contributed by atoms with E-state index in [1.54, 1.807) is 18.4 Å². The smallest absolute Gasteiger partial charge is 0.243 e. The number of fused-ring (bicyclic) bond motifs is 1. The van der Waals surface area contributed by atoms with Crippen molar-refractivity contribution in [2.45, 2.75) is 25.9 Å². The van der Waals surface area contributed by atoms with Crippen molar-refractivity contribution in [1.82, 2.24) is 19.9 Å². The summed E-state index contributed by atoms with van der Waals surface area (Å²) in [7, 11) is 0. The Balaban J connectivity index is 1.69. The molecule has 8 nitrogen and oxygen atoms in total. The number of aromatic nitrogens is 3. The molecule has 8 heteroatoms. The molecule has 0 fully saturated rings. The molecule has 32 heavy (non-hydrogen) atoms. The van der Waals surface area contributed by atoms with Gasteiger partial charge >= 0.3 is 0 Å². The molecular formula is C24H25N5O3. The molecule has 0 spiro atoms. The first-order valence-corrected chi connectivity index (χ1v) is 10.3. The molecule has 0 aliphatic rings. The minimum absolute atomic E-state index is 0.136. The first-order valence-electron chi connectivity index (χ1n) is 10.3. The summed E-state index contributed by atoms with van der Waals surface area (Å²) in [6.07, 6.45) is 3.24. The van der Waals surface area contributed by atoms with Crippen molar-refractivity contribution in [2.75, 3.05) is 12.3 Å². The van der Waals surface area contributed by atoms with Crippen LogP contribution in [0.25, 0.3) is 22.2 Å². The van der Waals surface area contributed by atoms with Crippen LogP contribution in [0.1, 0.15) is 19.9 Å². The van der Waals surface area contributed by atoms with E-state index in [0.29, 0.717) is 22.6 Å². The van der Waals surface area contributed by atoms with Gasteiger partial charge in [-0.05, 0) is 43.7 Å². The predicted molar refractivity (Wildman–Crippen MR) is 123 cm³/mol. The molecule has 0 bridgehead atoms. The number of amides is 1. The number of rotatable bonds is 7. The van der Waals surface area contributed by atoms with Crippen molar-refractivity contribution in [3.63, 3.8) is 0 Å². The van der Waals surface area contributed by atoms with Crippen molar-refractivity contribution in [3.8, 4) is 22.6 Å². The zero-order valence-electron chi connectivity index (χ0n) is 17.9. The average Bonchev–Trinajstić information content (AvgIpc) is 3.20. The van der Waals surface area contributed by atoms with Crippen LogP contribution in [0.4, 0.5) is 5.82 Å². The molecule has 2 aromatic carbocycles. The van der Waals surface area contributed by atoms with Gasteiger partial charge in [0, 0.05) is 17.8 Å². The van der Waals surface area contributed by atoms with E-state index in [1.807, 2.05) is 60.8 Å². The van der Waals surface area contributed by atoms with Crippen LogP contribution in [-0.2, 0) is 4.79 Å². The molecule has 164 valence electrons. The number of aliphatic hydroxyl groups excluding tert-OH is 1. The zero-order chi connectivity index (χ0) is 22.7. The quantitative estimate of drug-likeness (QED) is 0.412. The summed E-state index contributed by atoms with van der Waals surface area (Å²) in [5.74, 6) is 1.58. The Morgan fingerprint density at radius 1 is 1.09 bits per heavy atom. The summed E-state index contributed by atoms with van der Waals surface area (Å²) in [5, 5.41) is 12.7. The summed E-state index contributed by atoms with van der Waals surface area (Å²) in [5.41, 5.74) is 8.48. The molecule has 0 aliphatic heterocycles. The lowest BCUT2D eigenvalue weighted by molar-refractivity contribution is -0.124. The Hall–Kier alpha value is -3.91. The van der Waals surface area contributed by atoms with Crippen LogP contribution in [0.2, 0.25) is 0 Å². The molecule has 0 radical (unpaired) electrons. The van der Waals surface area contributed by atoms with Crippen molar-refractivity contribution in [1.29, 1.82) is 0 Å². The van der Waals surface area contributed by atoms with E-state index in [9.17, 15) is 9.90 Å². The lowest BCUT2D eigenvalue weighted by Crippen LogP contribution is -2.39. The number of anilines is 1. The highest BCUT2D eigenvalue weighted by atomic mass is 16.5. The number of nitrogens with one attached hydrogen (secondary N) is 1. The standard InChI is InChI=1S/C24H25N5O3/c1-15(13-30)28-24(31)16(2)29-12-20(21-22(25)26-14-27-23(21)29)17-8-10-19(11-9-17)32-18-6-4-3-5-7-18/h3-12,14-16,30H,13H2,1-2H3,(H,28,31)(H2,25,26,27). The molecular weight excluding hydrogens is 406 g/mol. The number of benzene rings is 2. The fourth-order valence-electron chi connectivity index (χ4n) is 3.49. The maximum atomic E-state index is 12.7. The van der Waals surface area contributed by atoms with Crippen LogP contribution in [-0.4, -0.2) is 38.2 Å². The molecule has 0 saturated heterocycles. The number of hydrogen-bond acceptors (Lipinski definition) is 6. The van der Waals surface area contributed by atoms with Crippen LogP contribution in [0.3, 0.4) is 0 Å². The van der Waals surface area contributed by atoms with E-state index in [4.69, 9.17) is 10.5 Å². The van der Waals surface area contributed by atoms with Crippen LogP contribution >= 0.6 is 0 Å². The van der Waals surface area contributed by atoms with Gasteiger partial charge in [-0.3, -0.25) is 4.79 Å². The van der Waals surface area contributed by atoms with Crippen LogP contribution in [0.15, 0.2) is 67.1 Å². The Kier molecular flexibility index (Phi) is 6.04. The Morgan fingerprint density at radius 2 is 1.78 bits per heavy atom. The topological polar surface area (TPSA) is 115 Å². The summed E-state index contributed by atoms with van der Waals surface area (Å²) >= 11 is 0. The van der Waals surface area contributed by atoms with Gasteiger partial charge in [-0.25, -0.2) is 9.97 Å². The number of hydrogen-bond donors (Lipinski definition) is 3. The summed E-state index contributed by atoms with van der Waals surface area (Å²) < 4.78 is 7.65. The van der Waals surface area contributed by atoms with Crippen molar-refractivity contribution in [2.24, 2.45) is 0 Å². The third-order valence-electron chi connectivity index (χ3n) is 5.24. The molecule has 1 amide bonds. The highest BCUT2D eigenvalue weighted by Gasteiger charge is 2.23. The van der Waals surface area contributed by atoms with E-state index < -0.39 is 6.04 Å². The van der Waals surface area contributed by atoms with E-state index in [-0.39, 0.29) is 18.6 Å². The number of nitrogen functional groups attached to an aromatic ring is 1. The molecule has 2 aromatic heterocycles. The molecule has 4 rings (SSSR count). The Bertz CT molecular complexity index is 1220. The van der Waals surface area contributed by atoms with Gasteiger partial charge in [0.1, 0.15) is 35.3 Å². The predicted octanol–water partition coefficient (Wildman–Crippen LogP) is 3.53. The van der Waals surface area contributed by atoms with Gasteiger partial charge in [-0.1, -0.05) is 30.3 Å². The fourth-order valence-corrected chi connectivity index (χ4v) is 3.49. The molecule has 2 unspecified atom stereocenters. The van der Waals surface area contributed by atoms with Crippen LogP contribution in [0.5, 0.6) is 11.5 Å². The van der Waals surface area contributed by atoms with Crippen molar-refractivity contribution in [3.05, 3.63) is 67.1 Å². The number of carbonyl (C=O) groups is 1. The second kappa shape index (κ2) is 9.07. The third kappa shape index (κ3) is 4.26. The first kappa shape index (κ1) is 21.3. The van der Waals surface area contributed by atoms with Crippen LogP contribution in [0, 0.1) is 0 Å². The second-order valence-corrected chi connectivity index (χ2v) is 7.62. The second-order valence-electron chi connectivity index (χ2n) is 7.62. The number of para-hydroxylation sites is 1. The number of nitrogens with zero attached hydrogens (tertiary/aromatic N) is 3. The van der Waals surface area contributed by atoms with Gasteiger partial charge in [0.25, 0.3) is 0 Å². The summed E-state index contributed by atoms with van der Waals surface area (Å²) in [4.78, 5) is 21.2. The lowest BCUT2D eigenvalue weighted by Gasteiger charge is -2.17. The number of aliphatic hydroxyl groups is 1. The number of nitrogens with two attached hydrogens (primary N) is 1. The minimum atomic E-state index is -0.560. The fraction of sp³-hybridized carbons (Fsp3) is 0.208. The van der Waals surface area contributed by atoms with Gasteiger partial charge in [0.05, 0.1) is 12.0 Å². The lowest BCUT2D eigenvalue weighted by atomic mass is 10.1. The van der Waals surface area contributed by atoms with Gasteiger partial charge in [-0.2, -0.15) is 0 Å². The molecule has 0 saturated carbocycles. The highest BCUT2D eigenvalue weighted by molar-refractivity contribution is 6.01. The van der Waals surface area contributed by atoms with Gasteiger partial charge in [-0.15, -0.1) is 0 Å². The molecule has 4 aromatic rings. The van der Waals surface area contributed by atoms with Gasteiger partial charge < -0.3 is 25.5 Å². The van der Waals surface area contributed by atoms with Gasteiger partial charge in [0.15, 0.2) is 0 Å². The van der Waals surface area contributed by atoms with E-state index in [0.717, 1.165) is 16.9 Å². The molecule has 2 heterocycles. The van der Waals surface area contributed by atoms with E-state index in [1.165, 1.54) is 6.33 Å². The molecule has 0 aliphatic carbocycles. The van der Waals surface area contributed by atoms with Crippen molar-refractivity contribution < 1.29 is 14.6 Å². The van der Waals surface area contributed by atoms with E-state index >= 15 is 0 Å². The number of carbonyl (C=O) groups excluding carboxylic acids is 1. The third-order valence-corrected chi connectivity index (χ3v) is 5.24. The molecule has 4 N–H and O–H groups in total. The Morgan fingerprint density at radius 3 is 2.47 bits per heavy atom. The summed E-state index contributed by atoms with van der Waals surface area (Å²) in [6.45, 7) is 3.38. The van der Waals surface area contributed by atoms with Crippen molar-refractivity contribution >= 4 is 22.8 Å². The minimum Gasteiger partial charge on any atom is -0.457 e. The monoisotopic (exact) mass is 431 g/mol.